The van der Waals surface area contributed by atoms with Gasteiger partial charge in [0.05, 0.1) is 4.92 Å². The Hall–Kier alpha value is -2.13. The summed E-state index contributed by atoms with van der Waals surface area (Å²) in [6.45, 7) is 1.53. The average Bonchev–Trinajstić information content (AvgIpc) is 2.74. The summed E-state index contributed by atoms with van der Waals surface area (Å²) in [6, 6.07) is 4.33. The van der Waals surface area contributed by atoms with Gasteiger partial charge < -0.3 is 0 Å². The normalized spacial score (nSPS) is 10.2. The van der Waals surface area contributed by atoms with Crippen LogP contribution in [0.1, 0.15) is 15.9 Å². The quantitative estimate of drug-likeness (QED) is 0.515. The zero-order valence-electron chi connectivity index (χ0n) is 9.67. The van der Waals surface area contributed by atoms with Crippen LogP contribution in [0.3, 0.4) is 0 Å². The molecule has 0 saturated carbocycles. The molecule has 98 valence electrons. The molecule has 0 spiro atoms. The van der Waals surface area contributed by atoms with Crippen molar-refractivity contribution < 1.29 is 9.72 Å². The number of aromatic nitrogens is 2. The summed E-state index contributed by atoms with van der Waals surface area (Å²) in [5.41, 5.74) is 0.446. The highest BCUT2D eigenvalue weighted by atomic mass is 32.1. The number of hydrogen-bond donors (Lipinski definition) is 2. The maximum atomic E-state index is 12.0. The van der Waals surface area contributed by atoms with E-state index in [-0.39, 0.29) is 11.3 Å². The van der Waals surface area contributed by atoms with Crippen molar-refractivity contribution in [3.05, 3.63) is 43.4 Å². The van der Waals surface area contributed by atoms with Gasteiger partial charge in [0.2, 0.25) is 5.13 Å². The van der Waals surface area contributed by atoms with Crippen molar-refractivity contribution in [1.29, 1.82) is 0 Å². The summed E-state index contributed by atoms with van der Waals surface area (Å²) in [7, 11) is 0. The third-order valence-electron chi connectivity index (χ3n) is 2.41. The van der Waals surface area contributed by atoms with Gasteiger partial charge in [-0.05, 0) is 25.2 Å². The zero-order valence-corrected chi connectivity index (χ0v) is 11.3. The van der Waals surface area contributed by atoms with E-state index in [0.29, 0.717) is 14.6 Å². The topological polar surface area (TPSA) is 101 Å². The van der Waals surface area contributed by atoms with Gasteiger partial charge in [-0.2, -0.15) is 0 Å². The minimum atomic E-state index is -0.523. The number of amides is 1. The van der Waals surface area contributed by atoms with E-state index in [0.717, 1.165) is 11.3 Å². The van der Waals surface area contributed by atoms with E-state index >= 15 is 0 Å². The lowest BCUT2D eigenvalue weighted by molar-refractivity contribution is -0.385. The number of rotatable bonds is 3. The zero-order chi connectivity index (χ0) is 14.0. The summed E-state index contributed by atoms with van der Waals surface area (Å²) in [5.74, 6) is -0.459. The molecule has 1 aromatic carbocycles. The second-order valence-electron chi connectivity index (χ2n) is 3.58. The molecule has 2 N–H and O–H groups in total. The fourth-order valence-corrected chi connectivity index (χ4v) is 2.30. The van der Waals surface area contributed by atoms with Crippen LogP contribution in [-0.4, -0.2) is 21.0 Å². The molecule has 1 heterocycles. The van der Waals surface area contributed by atoms with E-state index in [4.69, 9.17) is 12.2 Å². The number of nitrogens with one attached hydrogen (secondary N) is 2. The first kappa shape index (κ1) is 13.3. The number of aromatic amines is 1. The lowest BCUT2D eigenvalue weighted by atomic mass is 10.1. The molecule has 0 aliphatic rings. The number of nitro benzene ring substituents is 1. The van der Waals surface area contributed by atoms with E-state index in [1.165, 1.54) is 25.1 Å². The van der Waals surface area contributed by atoms with Crippen molar-refractivity contribution in [2.45, 2.75) is 6.92 Å². The van der Waals surface area contributed by atoms with Crippen LogP contribution in [0.15, 0.2) is 18.2 Å². The van der Waals surface area contributed by atoms with E-state index in [9.17, 15) is 14.9 Å². The fraction of sp³-hybridized carbons (Fsp3) is 0.100. The third kappa shape index (κ3) is 2.83. The monoisotopic (exact) mass is 296 g/mol. The molecule has 0 unspecified atom stereocenters. The lowest BCUT2D eigenvalue weighted by Gasteiger charge is -2.05. The molecule has 0 aliphatic carbocycles. The van der Waals surface area contributed by atoms with Crippen molar-refractivity contribution in [1.82, 2.24) is 10.2 Å². The van der Waals surface area contributed by atoms with Gasteiger partial charge >= 0.3 is 0 Å². The molecule has 19 heavy (non-hydrogen) atoms. The maximum Gasteiger partial charge on any atom is 0.273 e. The van der Waals surface area contributed by atoms with Gasteiger partial charge in [-0.25, -0.2) is 0 Å². The molecule has 0 fully saturated rings. The van der Waals surface area contributed by atoms with Crippen molar-refractivity contribution in [2.75, 3.05) is 5.32 Å². The molecule has 1 amide bonds. The molecule has 7 nitrogen and oxygen atoms in total. The van der Waals surface area contributed by atoms with Crippen LogP contribution >= 0.6 is 23.6 Å². The van der Waals surface area contributed by atoms with E-state index in [2.05, 4.69) is 15.5 Å². The first-order chi connectivity index (χ1) is 8.99. The van der Waals surface area contributed by atoms with Gasteiger partial charge in [0.25, 0.3) is 11.6 Å². The first-order valence-corrected chi connectivity index (χ1v) is 6.32. The summed E-state index contributed by atoms with van der Waals surface area (Å²) < 4.78 is 0.436. The summed E-state index contributed by atoms with van der Waals surface area (Å²) >= 11 is 5.95. The van der Waals surface area contributed by atoms with Crippen LogP contribution in [0, 0.1) is 21.0 Å². The van der Waals surface area contributed by atoms with Gasteiger partial charge in [0.1, 0.15) is 0 Å². The Morgan fingerprint density at radius 1 is 1.58 bits per heavy atom. The van der Waals surface area contributed by atoms with Crippen molar-refractivity contribution >= 4 is 40.3 Å². The molecule has 0 aliphatic heterocycles. The van der Waals surface area contributed by atoms with Crippen molar-refractivity contribution in [3.8, 4) is 0 Å². The van der Waals surface area contributed by atoms with Crippen LogP contribution in [0.5, 0.6) is 0 Å². The Balaban J connectivity index is 2.31. The number of hydrogen-bond acceptors (Lipinski definition) is 6. The molecular formula is C10H8N4O3S2. The molecule has 0 radical (unpaired) electrons. The molecule has 2 rings (SSSR count). The lowest BCUT2D eigenvalue weighted by Crippen LogP contribution is -2.14. The SMILES string of the molecule is Cc1c(C(=O)Nc2n[nH]c(=S)s2)cccc1[N+](=O)[O-]. The standard InChI is InChI=1S/C10H8N4O3S2/c1-5-6(3-2-4-7(5)14(16)17)8(15)11-9-12-13-10(18)19-9/h2-4H,1H3,(H,13,18)(H,11,12,15). The predicted octanol–water partition coefficient (Wildman–Crippen LogP) is 2.67. The average molecular weight is 296 g/mol. The van der Waals surface area contributed by atoms with Gasteiger partial charge in [-0.15, -0.1) is 5.10 Å². The number of H-pyrrole nitrogens is 1. The van der Waals surface area contributed by atoms with Crippen LogP contribution < -0.4 is 5.32 Å². The predicted molar refractivity (Wildman–Crippen MR) is 73.1 cm³/mol. The molecule has 2 aromatic rings. The molecule has 0 saturated heterocycles. The number of anilines is 1. The minimum absolute atomic E-state index is 0.0951. The summed E-state index contributed by atoms with van der Waals surface area (Å²) in [5, 5.41) is 20.0. The van der Waals surface area contributed by atoms with Crippen molar-refractivity contribution in [3.63, 3.8) is 0 Å². The Morgan fingerprint density at radius 3 is 2.89 bits per heavy atom. The van der Waals surface area contributed by atoms with Crippen LogP contribution in [0.25, 0.3) is 0 Å². The molecular weight excluding hydrogens is 288 g/mol. The van der Waals surface area contributed by atoms with Gasteiger partial charge in [0, 0.05) is 17.2 Å². The Morgan fingerprint density at radius 2 is 2.32 bits per heavy atom. The molecule has 0 bridgehead atoms. The second kappa shape index (κ2) is 5.24. The number of nitro groups is 1. The number of carbonyl (C=O) groups is 1. The Kier molecular flexibility index (Phi) is 3.67. The van der Waals surface area contributed by atoms with E-state index in [1.807, 2.05) is 0 Å². The number of carbonyl (C=O) groups excluding carboxylic acids is 1. The van der Waals surface area contributed by atoms with Gasteiger partial charge in [-0.1, -0.05) is 17.4 Å². The molecule has 9 heteroatoms. The van der Waals surface area contributed by atoms with E-state index < -0.39 is 10.8 Å². The van der Waals surface area contributed by atoms with Crippen LogP contribution in [0.2, 0.25) is 0 Å². The minimum Gasteiger partial charge on any atom is -0.296 e. The fourth-order valence-electron chi connectivity index (χ4n) is 1.52. The highest BCUT2D eigenvalue weighted by Gasteiger charge is 2.18. The van der Waals surface area contributed by atoms with E-state index in [1.54, 1.807) is 0 Å². The molecule has 1 aromatic heterocycles. The first-order valence-electron chi connectivity index (χ1n) is 5.10. The third-order valence-corrected chi connectivity index (χ3v) is 3.41. The maximum absolute atomic E-state index is 12.0. The summed E-state index contributed by atoms with van der Waals surface area (Å²) in [6.07, 6.45) is 0. The van der Waals surface area contributed by atoms with Crippen LogP contribution in [-0.2, 0) is 0 Å². The number of benzene rings is 1. The van der Waals surface area contributed by atoms with Crippen LogP contribution in [0.4, 0.5) is 10.8 Å². The second-order valence-corrected chi connectivity index (χ2v) is 5.24. The molecule has 0 atom stereocenters. The van der Waals surface area contributed by atoms with Gasteiger partial charge in [0.15, 0.2) is 3.95 Å². The smallest absolute Gasteiger partial charge is 0.273 e. The summed E-state index contributed by atoms with van der Waals surface area (Å²) in [4.78, 5) is 22.3. The highest BCUT2D eigenvalue weighted by Crippen LogP contribution is 2.22. The number of nitrogens with zero attached hydrogens (tertiary/aromatic N) is 2. The highest BCUT2D eigenvalue weighted by molar-refractivity contribution is 7.73. The van der Waals surface area contributed by atoms with Crippen molar-refractivity contribution in [2.24, 2.45) is 0 Å². The Bertz CT molecular complexity index is 707. The largest absolute Gasteiger partial charge is 0.296 e. The van der Waals surface area contributed by atoms with Gasteiger partial charge in [-0.3, -0.25) is 25.3 Å². The Labute approximate surface area is 116 Å².